The molecule has 0 saturated heterocycles. The van der Waals surface area contributed by atoms with Crippen molar-refractivity contribution in [3.63, 3.8) is 0 Å². The first-order chi connectivity index (χ1) is 6.81. The fourth-order valence-electron chi connectivity index (χ4n) is 2.06. The van der Waals surface area contributed by atoms with Gasteiger partial charge in [0.25, 0.3) is 0 Å². The van der Waals surface area contributed by atoms with Crippen molar-refractivity contribution in [1.29, 1.82) is 0 Å². The fraction of sp³-hybridized carbons (Fsp3) is 0.636. The monoisotopic (exact) mass is 193 g/mol. The lowest BCUT2D eigenvalue weighted by Crippen LogP contribution is -2.04. The van der Waals surface area contributed by atoms with Gasteiger partial charge in [-0.25, -0.2) is 4.98 Å². The van der Waals surface area contributed by atoms with Crippen molar-refractivity contribution >= 4 is 6.29 Å². The summed E-state index contributed by atoms with van der Waals surface area (Å²) in [6.07, 6.45) is 6.87. The van der Waals surface area contributed by atoms with Gasteiger partial charge in [-0.05, 0) is 19.8 Å². The van der Waals surface area contributed by atoms with Gasteiger partial charge in [-0.15, -0.1) is 0 Å². The van der Waals surface area contributed by atoms with Crippen LogP contribution in [0.4, 0.5) is 0 Å². The van der Waals surface area contributed by atoms with E-state index in [4.69, 9.17) is 4.42 Å². The Balaban J connectivity index is 2.18. The highest BCUT2D eigenvalue weighted by Gasteiger charge is 2.21. The molecule has 0 amide bonds. The molecule has 1 aliphatic rings. The van der Waals surface area contributed by atoms with E-state index in [1.165, 1.54) is 19.3 Å². The summed E-state index contributed by atoms with van der Waals surface area (Å²) in [5.74, 6) is 1.60. The third-order valence-corrected chi connectivity index (χ3v) is 2.91. The SMILES string of the molecule is Cc1nc(C2CCCCC2)oc1C=O. The van der Waals surface area contributed by atoms with Gasteiger partial charge in [0.2, 0.25) is 0 Å². The third kappa shape index (κ3) is 1.72. The van der Waals surface area contributed by atoms with E-state index in [9.17, 15) is 4.79 Å². The minimum Gasteiger partial charge on any atom is -0.437 e. The second-order valence-electron chi connectivity index (χ2n) is 3.95. The first kappa shape index (κ1) is 9.44. The van der Waals surface area contributed by atoms with Gasteiger partial charge in [0.1, 0.15) is 0 Å². The lowest BCUT2D eigenvalue weighted by molar-refractivity contribution is 0.109. The Hall–Kier alpha value is -1.12. The number of aryl methyl sites for hydroxylation is 1. The Morgan fingerprint density at radius 2 is 2.07 bits per heavy atom. The fourth-order valence-corrected chi connectivity index (χ4v) is 2.06. The molecule has 1 aliphatic carbocycles. The summed E-state index contributed by atoms with van der Waals surface area (Å²) in [6, 6.07) is 0. The van der Waals surface area contributed by atoms with E-state index in [0.717, 1.165) is 30.7 Å². The van der Waals surface area contributed by atoms with Gasteiger partial charge < -0.3 is 4.42 Å². The molecule has 1 heterocycles. The lowest BCUT2D eigenvalue weighted by Gasteiger charge is -2.17. The van der Waals surface area contributed by atoms with Crippen LogP contribution in [0.1, 0.15) is 60.2 Å². The zero-order valence-electron chi connectivity index (χ0n) is 8.45. The Kier molecular flexibility index (Phi) is 2.66. The minimum absolute atomic E-state index is 0.394. The standard InChI is InChI=1S/C11H15NO2/c1-8-10(7-13)14-11(12-8)9-5-3-2-4-6-9/h7,9H,2-6H2,1H3. The molecule has 3 nitrogen and oxygen atoms in total. The van der Waals surface area contributed by atoms with Gasteiger partial charge in [0.05, 0.1) is 5.69 Å². The number of nitrogens with zero attached hydrogens (tertiary/aromatic N) is 1. The molecule has 0 aliphatic heterocycles. The number of carbonyl (C=O) groups is 1. The van der Waals surface area contributed by atoms with E-state index in [1.807, 2.05) is 6.92 Å². The molecule has 14 heavy (non-hydrogen) atoms. The van der Waals surface area contributed by atoms with Gasteiger partial charge in [0, 0.05) is 5.92 Å². The van der Waals surface area contributed by atoms with E-state index in [1.54, 1.807) is 0 Å². The summed E-state index contributed by atoms with van der Waals surface area (Å²) in [5.41, 5.74) is 0.723. The molecule has 0 aromatic carbocycles. The number of aromatic nitrogens is 1. The van der Waals surface area contributed by atoms with Crippen molar-refractivity contribution in [2.24, 2.45) is 0 Å². The lowest BCUT2D eigenvalue weighted by atomic mass is 9.89. The van der Waals surface area contributed by atoms with Gasteiger partial charge >= 0.3 is 0 Å². The Bertz CT molecular complexity index is 324. The number of hydrogen-bond donors (Lipinski definition) is 0. The predicted molar refractivity (Wildman–Crippen MR) is 52.5 cm³/mol. The average Bonchev–Trinajstić information content (AvgIpc) is 2.61. The molecule has 3 heteroatoms. The maximum atomic E-state index is 10.6. The third-order valence-electron chi connectivity index (χ3n) is 2.91. The van der Waals surface area contributed by atoms with Crippen molar-refractivity contribution in [2.75, 3.05) is 0 Å². The highest BCUT2D eigenvalue weighted by molar-refractivity contribution is 5.71. The second-order valence-corrected chi connectivity index (χ2v) is 3.95. The van der Waals surface area contributed by atoms with Gasteiger partial charge in [0.15, 0.2) is 17.9 Å². The Labute approximate surface area is 83.5 Å². The van der Waals surface area contributed by atoms with Crippen molar-refractivity contribution in [2.45, 2.75) is 44.9 Å². The van der Waals surface area contributed by atoms with E-state index in [0.29, 0.717) is 11.7 Å². The number of carbonyl (C=O) groups excluding carboxylic acids is 1. The highest BCUT2D eigenvalue weighted by atomic mass is 16.4. The minimum atomic E-state index is 0.394. The van der Waals surface area contributed by atoms with E-state index in [-0.39, 0.29) is 0 Å². The maximum Gasteiger partial charge on any atom is 0.198 e. The zero-order chi connectivity index (χ0) is 9.97. The van der Waals surface area contributed by atoms with Crippen LogP contribution in [-0.4, -0.2) is 11.3 Å². The molecule has 76 valence electrons. The van der Waals surface area contributed by atoms with Gasteiger partial charge in [-0.1, -0.05) is 19.3 Å². The molecule has 0 radical (unpaired) electrons. The van der Waals surface area contributed by atoms with Crippen LogP contribution < -0.4 is 0 Å². The quantitative estimate of drug-likeness (QED) is 0.678. The Morgan fingerprint density at radius 1 is 1.36 bits per heavy atom. The molecule has 0 bridgehead atoms. The summed E-state index contributed by atoms with van der Waals surface area (Å²) in [6.45, 7) is 1.82. The van der Waals surface area contributed by atoms with Crippen LogP contribution in [0.2, 0.25) is 0 Å². The summed E-state index contributed by atoms with van der Waals surface area (Å²) >= 11 is 0. The Morgan fingerprint density at radius 3 is 2.64 bits per heavy atom. The van der Waals surface area contributed by atoms with Crippen LogP contribution in [0.5, 0.6) is 0 Å². The first-order valence-electron chi connectivity index (χ1n) is 5.24. The molecule has 1 saturated carbocycles. The molecule has 1 aromatic rings. The summed E-state index contributed by atoms with van der Waals surface area (Å²) in [7, 11) is 0. The van der Waals surface area contributed by atoms with Crippen LogP contribution in [0.25, 0.3) is 0 Å². The zero-order valence-corrected chi connectivity index (χ0v) is 8.45. The van der Waals surface area contributed by atoms with Crippen LogP contribution in [0.3, 0.4) is 0 Å². The second kappa shape index (κ2) is 3.95. The molecular formula is C11H15NO2. The molecule has 0 spiro atoms. The van der Waals surface area contributed by atoms with Crippen LogP contribution >= 0.6 is 0 Å². The first-order valence-corrected chi connectivity index (χ1v) is 5.24. The number of hydrogen-bond acceptors (Lipinski definition) is 3. The van der Waals surface area contributed by atoms with Crippen molar-refractivity contribution in [3.8, 4) is 0 Å². The molecule has 1 aromatic heterocycles. The maximum absolute atomic E-state index is 10.6. The molecule has 0 atom stereocenters. The molecule has 0 N–H and O–H groups in total. The summed E-state index contributed by atoms with van der Waals surface area (Å²) in [5, 5.41) is 0. The number of rotatable bonds is 2. The summed E-state index contributed by atoms with van der Waals surface area (Å²) < 4.78 is 5.42. The molecule has 0 unspecified atom stereocenters. The molecule has 2 rings (SSSR count). The van der Waals surface area contributed by atoms with Crippen LogP contribution in [0, 0.1) is 6.92 Å². The average molecular weight is 193 g/mol. The van der Waals surface area contributed by atoms with Crippen LogP contribution in [0.15, 0.2) is 4.42 Å². The van der Waals surface area contributed by atoms with E-state index < -0.39 is 0 Å². The predicted octanol–water partition coefficient (Wildman–Crippen LogP) is 2.84. The van der Waals surface area contributed by atoms with E-state index in [2.05, 4.69) is 4.98 Å². The normalized spacial score (nSPS) is 18.4. The largest absolute Gasteiger partial charge is 0.437 e. The molecule has 1 fully saturated rings. The number of aldehydes is 1. The summed E-state index contributed by atoms with van der Waals surface area (Å²) in [4.78, 5) is 14.9. The van der Waals surface area contributed by atoms with Crippen molar-refractivity contribution in [1.82, 2.24) is 4.98 Å². The van der Waals surface area contributed by atoms with Gasteiger partial charge in [-0.2, -0.15) is 0 Å². The van der Waals surface area contributed by atoms with Crippen molar-refractivity contribution < 1.29 is 9.21 Å². The van der Waals surface area contributed by atoms with E-state index >= 15 is 0 Å². The number of oxazole rings is 1. The topological polar surface area (TPSA) is 43.1 Å². The molecular weight excluding hydrogens is 178 g/mol. The smallest absolute Gasteiger partial charge is 0.198 e. The highest BCUT2D eigenvalue weighted by Crippen LogP contribution is 2.32. The van der Waals surface area contributed by atoms with Gasteiger partial charge in [-0.3, -0.25) is 4.79 Å². The van der Waals surface area contributed by atoms with Crippen LogP contribution in [-0.2, 0) is 0 Å². The van der Waals surface area contributed by atoms with Crippen molar-refractivity contribution in [3.05, 3.63) is 17.3 Å².